The maximum Gasteiger partial charge on any atom is 0.313 e. The molecule has 2 saturated carbocycles. The Morgan fingerprint density at radius 3 is 2.61 bits per heavy atom. The molecule has 0 aromatic carbocycles. The van der Waals surface area contributed by atoms with Gasteiger partial charge in [-0.1, -0.05) is 6.92 Å². The third-order valence-electron chi connectivity index (χ3n) is 8.67. The fourth-order valence-corrected chi connectivity index (χ4v) is 7.15. The van der Waals surface area contributed by atoms with E-state index in [-0.39, 0.29) is 31.0 Å². The van der Waals surface area contributed by atoms with Gasteiger partial charge in [0.2, 0.25) is 0 Å². The summed E-state index contributed by atoms with van der Waals surface area (Å²) >= 11 is 0. The first kappa shape index (κ1) is 22.4. The third kappa shape index (κ3) is 3.01. The highest BCUT2D eigenvalue weighted by atomic mass is 16.6. The summed E-state index contributed by atoms with van der Waals surface area (Å²) in [5, 5.41) is 11.1. The van der Waals surface area contributed by atoms with Crippen LogP contribution in [0.5, 0.6) is 0 Å². The van der Waals surface area contributed by atoms with Crippen LogP contribution >= 0.6 is 0 Å². The molecule has 1 aromatic rings. The Bertz CT molecular complexity index is 951. The van der Waals surface area contributed by atoms with E-state index in [4.69, 9.17) is 23.4 Å². The molecule has 4 aliphatic rings. The number of rotatable bonds is 4. The number of hydrogen-bond acceptors (Lipinski definition) is 9. The zero-order valence-corrected chi connectivity index (χ0v) is 19.1. The summed E-state index contributed by atoms with van der Waals surface area (Å²) in [5.74, 6) is -1.82. The number of hydrogen-bond donors (Lipinski definition) is 1. The Kier molecular flexibility index (Phi) is 5.13. The Hall–Kier alpha value is -2.39. The van der Waals surface area contributed by atoms with Crippen molar-refractivity contribution in [2.45, 2.75) is 70.4 Å². The van der Waals surface area contributed by atoms with Crippen LogP contribution in [0.3, 0.4) is 0 Å². The van der Waals surface area contributed by atoms with E-state index in [1.807, 2.05) is 6.92 Å². The molecule has 2 aliphatic carbocycles. The van der Waals surface area contributed by atoms with Crippen LogP contribution in [0.15, 0.2) is 23.0 Å². The predicted octanol–water partition coefficient (Wildman–Crippen LogP) is 2.31. The molecule has 0 radical (unpaired) electrons. The van der Waals surface area contributed by atoms with E-state index >= 15 is 0 Å². The SMILES string of the molecule is CC(=O)OC[C@@]12[C@@H](OC(C)=O)C[C@@H](C)[C@]3(C[C@H](c4ccoc4)OC3=O)[C@H]1CC[C@H](O)[C@]21CO1. The van der Waals surface area contributed by atoms with Gasteiger partial charge in [-0.15, -0.1) is 0 Å². The molecule has 1 aromatic heterocycles. The average molecular weight is 462 g/mol. The van der Waals surface area contributed by atoms with Crippen LogP contribution in [0, 0.1) is 22.7 Å². The quantitative estimate of drug-likeness (QED) is 0.408. The van der Waals surface area contributed by atoms with Gasteiger partial charge in [-0.25, -0.2) is 0 Å². The number of epoxide rings is 1. The first-order valence-corrected chi connectivity index (χ1v) is 11.5. The molecule has 3 heterocycles. The molecule has 0 bridgehead atoms. The summed E-state index contributed by atoms with van der Waals surface area (Å²) in [6.07, 6.45) is 2.87. The van der Waals surface area contributed by atoms with Gasteiger partial charge >= 0.3 is 17.9 Å². The van der Waals surface area contributed by atoms with Gasteiger partial charge in [-0.05, 0) is 37.2 Å². The number of ether oxygens (including phenoxy) is 4. The Morgan fingerprint density at radius 2 is 2.00 bits per heavy atom. The second-order valence-corrected chi connectivity index (χ2v) is 10.1. The molecular weight excluding hydrogens is 432 g/mol. The zero-order chi connectivity index (χ0) is 23.6. The number of fused-ring (bicyclic) bond motifs is 3. The van der Waals surface area contributed by atoms with Crippen molar-refractivity contribution in [1.29, 1.82) is 0 Å². The molecule has 2 saturated heterocycles. The zero-order valence-electron chi connectivity index (χ0n) is 19.1. The lowest BCUT2D eigenvalue weighted by molar-refractivity contribution is -0.244. The smallest absolute Gasteiger partial charge is 0.313 e. The van der Waals surface area contributed by atoms with Crippen LogP contribution in [-0.2, 0) is 33.3 Å². The van der Waals surface area contributed by atoms with Crippen LogP contribution in [0.1, 0.15) is 58.1 Å². The topological polar surface area (TPSA) is 125 Å². The molecule has 33 heavy (non-hydrogen) atoms. The Labute approximate surface area is 191 Å². The Morgan fingerprint density at radius 1 is 1.24 bits per heavy atom. The summed E-state index contributed by atoms with van der Waals surface area (Å²) in [4.78, 5) is 37.7. The minimum absolute atomic E-state index is 0.111. The highest BCUT2D eigenvalue weighted by Gasteiger charge is 2.80. The van der Waals surface area contributed by atoms with Crippen molar-refractivity contribution in [3.05, 3.63) is 24.2 Å². The van der Waals surface area contributed by atoms with E-state index < -0.39 is 46.7 Å². The van der Waals surface area contributed by atoms with Gasteiger partial charge < -0.3 is 28.5 Å². The highest BCUT2D eigenvalue weighted by Crippen LogP contribution is 2.71. The summed E-state index contributed by atoms with van der Waals surface area (Å²) in [7, 11) is 0. The molecule has 0 amide bonds. The summed E-state index contributed by atoms with van der Waals surface area (Å²) < 4.78 is 28.5. The van der Waals surface area contributed by atoms with Gasteiger partial charge in [0.15, 0.2) is 0 Å². The molecule has 2 spiro atoms. The van der Waals surface area contributed by atoms with Gasteiger partial charge in [-0.2, -0.15) is 0 Å². The molecule has 1 N–H and O–H groups in total. The van der Waals surface area contributed by atoms with Crippen LogP contribution in [0.4, 0.5) is 0 Å². The van der Waals surface area contributed by atoms with Crippen molar-refractivity contribution in [2.24, 2.45) is 22.7 Å². The maximum atomic E-state index is 13.7. The number of carbonyl (C=O) groups excluding carboxylic acids is 3. The van der Waals surface area contributed by atoms with Crippen LogP contribution in [0.25, 0.3) is 0 Å². The summed E-state index contributed by atoms with van der Waals surface area (Å²) in [5.41, 5.74) is -2.24. The molecular formula is C24H30O9. The van der Waals surface area contributed by atoms with Crippen molar-refractivity contribution in [1.82, 2.24) is 0 Å². The van der Waals surface area contributed by atoms with E-state index in [0.717, 1.165) is 5.56 Å². The van der Waals surface area contributed by atoms with Gasteiger partial charge in [0.05, 0.1) is 36.1 Å². The highest BCUT2D eigenvalue weighted by molar-refractivity contribution is 5.81. The maximum absolute atomic E-state index is 13.7. The van der Waals surface area contributed by atoms with E-state index in [9.17, 15) is 19.5 Å². The van der Waals surface area contributed by atoms with Gasteiger partial charge in [0.25, 0.3) is 0 Å². The van der Waals surface area contributed by atoms with Gasteiger partial charge in [0.1, 0.15) is 24.4 Å². The second kappa shape index (κ2) is 7.56. The lowest BCUT2D eigenvalue weighted by Gasteiger charge is -2.62. The molecule has 5 rings (SSSR count). The van der Waals surface area contributed by atoms with Crippen LogP contribution in [0.2, 0.25) is 0 Å². The number of cyclic esters (lactones) is 1. The first-order valence-electron chi connectivity index (χ1n) is 11.5. The van der Waals surface area contributed by atoms with E-state index in [1.165, 1.54) is 13.8 Å². The van der Waals surface area contributed by atoms with Crippen molar-refractivity contribution in [2.75, 3.05) is 13.2 Å². The molecule has 2 aliphatic heterocycles. The van der Waals surface area contributed by atoms with E-state index in [1.54, 1.807) is 18.6 Å². The van der Waals surface area contributed by atoms with E-state index in [0.29, 0.717) is 25.7 Å². The number of aliphatic hydroxyl groups excluding tert-OH is 1. The fourth-order valence-electron chi connectivity index (χ4n) is 7.15. The van der Waals surface area contributed by atoms with Crippen molar-refractivity contribution in [3.8, 4) is 0 Å². The van der Waals surface area contributed by atoms with Gasteiger partial charge in [-0.3, -0.25) is 14.4 Å². The minimum Gasteiger partial charge on any atom is -0.472 e. The lowest BCUT2D eigenvalue weighted by atomic mass is 9.42. The van der Waals surface area contributed by atoms with Crippen molar-refractivity contribution in [3.63, 3.8) is 0 Å². The molecule has 180 valence electrons. The lowest BCUT2D eigenvalue weighted by Crippen LogP contribution is -2.71. The monoisotopic (exact) mass is 462 g/mol. The molecule has 9 heteroatoms. The minimum atomic E-state index is -1.07. The number of carbonyl (C=O) groups is 3. The van der Waals surface area contributed by atoms with Gasteiger partial charge in [0, 0.05) is 25.8 Å². The number of aliphatic hydroxyl groups is 1. The Balaban J connectivity index is 1.64. The predicted molar refractivity (Wildman–Crippen MR) is 110 cm³/mol. The standard InChI is InChI=1S/C24H30O9/c1-13-8-20(32-15(3)26)23(11-30-14(2)25)18(4-5-19(27)24(23)12-31-24)22(13)9-17(33-21(22)28)16-6-7-29-10-16/h6-7,10,13,17-20,27H,4-5,8-9,11-12H2,1-3H3/t13-,17-,18-,19+,20+,22-,23+,24-/m1/s1. The summed E-state index contributed by atoms with van der Waals surface area (Å²) in [6, 6.07) is 1.79. The second-order valence-electron chi connectivity index (χ2n) is 10.1. The molecule has 8 atom stereocenters. The number of furan rings is 1. The average Bonchev–Trinajstić information content (AvgIpc) is 3.21. The molecule has 9 nitrogen and oxygen atoms in total. The van der Waals surface area contributed by atoms with E-state index in [2.05, 4.69) is 0 Å². The summed E-state index contributed by atoms with van der Waals surface area (Å²) in [6.45, 7) is 4.76. The molecule has 0 unspecified atom stereocenters. The fraction of sp³-hybridized carbons (Fsp3) is 0.708. The normalized spacial score (nSPS) is 43.8. The first-order chi connectivity index (χ1) is 15.7. The number of esters is 3. The van der Waals surface area contributed by atoms with Crippen LogP contribution in [-0.4, -0.2) is 54.0 Å². The van der Waals surface area contributed by atoms with Crippen LogP contribution < -0.4 is 0 Å². The third-order valence-corrected chi connectivity index (χ3v) is 8.67. The van der Waals surface area contributed by atoms with Crippen molar-refractivity contribution >= 4 is 17.9 Å². The van der Waals surface area contributed by atoms with Crippen molar-refractivity contribution < 1.29 is 42.9 Å². The molecule has 4 fully saturated rings. The largest absolute Gasteiger partial charge is 0.472 e.